The van der Waals surface area contributed by atoms with Crippen molar-refractivity contribution in [2.24, 2.45) is 4.99 Å². The highest BCUT2D eigenvalue weighted by molar-refractivity contribution is 5.84. The lowest BCUT2D eigenvalue weighted by atomic mass is 9.91. The second-order valence-electron chi connectivity index (χ2n) is 6.63. The van der Waals surface area contributed by atoms with E-state index in [4.69, 9.17) is 0 Å². The Kier molecular flexibility index (Phi) is 8.36. The van der Waals surface area contributed by atoms with Crippen LogP contribution in [0.15, 0.2) is 65.7 Å². The lowest BCUT2D eigenvalue weighted by Crippen LogP contribution is -2.40. The minimum absolute atomic E-state index is 0.0183. The molecule has 5 heteroatoms. The zero-order valence-electron chi connectivity index (χ0n) is 16.5. The first-order valence-electron chi connectivity index (χ1n) is 9.44. The summed E-state index contributed by atoms with van der Waals surface area (Å²) < 4.78 is 0. The molecule has 0 heterocycles. The van der Waals surface area contributed by atoms with Crippen molar-refractivity contribution in [3.63, 3.8) is 0 Å². The molecule has 0 aromatic heterocycles. The van der Waals surface area contributed by atoms with E-state index >= 15 is 0 Å². The van der Waals surface area contributed by atoms with Crippen molar-refractivity contribution in [2.75, 3.05) is 33.7 Å². The zero-order chi connectivity index (χ0) is 19.5. The lowest BCUT2D eigenvalue weighted by molar-refractivity contribution is -0.127. The van der Waals surface area contributed by atoms with Gasteiger partial charge in [0.15, 0.2) is 5.96 Å². The number of hydrogen-bond donors (Lipinski definition) is 2. The fourth-order valence-corrected chi connectivity index (χ4v) is 2.70. The van der Waals surface area contributed by atoms with Crippen LogP contribution in [0.5, 0.6) is 0 Å². The molecular formula is C22H30N4O. The van der Waals surface area contributed by atoms with E-state index in [9.17, 15) is 4.79 Å². The van der Waals surface area contributed by atoms with Crippen LogP contribution in [0.25, 0.3) is 0 Å². The van der Waals surface area contributed by atoms with Gasteiger partial charge in [-0.3, -0.25) is 4.79 Å². The molecule has 1 amide bonds. The van der Waals surface area contributed by atoms with E-state index in [1.807, 2.05) is 12.1 Å². The van der Waals surface area contributed by atoms with Gasteiger partial charge in [0.25, 0.3) is 0 Å². The van der Waals surface area contributed by atoms with Gasteiger partial charge < -0.3 is 15.5 Å². The molecule has 0 atom stereocenters. The molecule has 0 aliphatic carbocycles. The molecular weight excluding hydrogens is 336 g/mol. The summed E-state index contributed by atoms with van der Waals surface area (Å²) in [5, 5.41) is 6.70. The van der Waals surface area contributed by atoms with Crippen molar-refractivity contribution < 1.29 is 4.79 Å². The molecule has 5 nitrogen and oxygen atoms in total. The first kappa shape index (κ1) is 20.5. The van der Waals surface area contributed by atoms with Gasteiger partial charge in [0.1, 0.15) is 6.54 Å². The number of amides is 1. The summed E-state index contributed by atoms with van der Waals surface area (Å²) in [6.07, 6.45) is 0.989. The van der Waals surface area contributed by atoms with Crippen LogP contribution in [0.1, 0.15) is 30.4 Å². The first-order chi connectivity index (χ1) is 13.1. The van der Waals surface area contributed by atoms with Crippen LogP contribution in [-0.4, -0.2) is 50.5 Å². The molecule has 27 heavy (non-hydrogen) atoms. The Bertz CT molecular complexity index is 674. The summed E-state index contributed by atoms with van der Waals surface area (Å²) in [5.74, 6) is 0.852. The van der Waals surface area contributed by atoms with Crippen molar-refractivity contribution in [3.8, 4) is 0 Å². The van der Waals surface area contributed by atoms with Crippen LogP contribution in [0.2, 0.25) is 0 Å². The third-order valence-corrected chi connectivity index (χ3v) is 4.29. The maximum Gasteiger partial charge on any atom is 0.243 e. The highest BCUT2D eigenvalue weighted by Crippen LogP contribution is 2.23. The largest absolute Gasteiger partial charge is 0.356 e. The van der Waals surface area contributed by atoms with E-state index < -0.39 is 0 Å². The van der Waals surface area contributed by atoms with Crippen molar-refractivity contribution in [2.45, 2.75) is 19.3 Å². The molecule has 2 aromatic rings. The average Bonchev–Trinajstić information content (AvgIpc) is 2.70. The predicted octanol–water partition coefficient (Wildman–Crippen LogP) is 2.85. The number of nitrogens with zero attached hydrogens (tertiary/aromatic N) is 2. The summed E-state index contributed by atoms with van der Waals surface area (Å²) in [5.41, 5.74) is 2.49. The fraction of sp³-hybridized carbons (Fsp3) is 0.364. The molecule has 0 aliphatic heterocycles. The highest BCUT2D eigenvalue weighted by atomic mass is 16.2. The molecule has 2 rings (SSSR count). The van der Waals surface area contributed by atoms with Crippen LogP contribution in [-0.2, 0) is 4.79 Å². The van der Waals surface area contributed by atoms with Gasteiger partial charge in [0.05, 0.1) is 0 Å². The van der Waals surface area contributed by atoms with E-state index in [1.54, 1.807) is 19.0 Å². The number of benzene rings is 2. The number of nitrogens with one attached hydrogen (secondary N) is 2. The molecule has 144 valence electrons. The molecule has 0 aliphatic rings. The van der Waals surface area contributed by atoms with Gasteiger partial charge in [-0.1, -0.05) is 67.6 Å². The Morgan fingerprint density at radius 3 is 2.00 bits per heavy atom. The van der Waals surface area contributed by atoms with Crippen molar-refractivity contribution >= 4 is 11.9 Å². The minimum Gasteiger partial charge on any atom is -0.356 e. The molecule has 2 N–H and O–H groups in total. The van der Waals surface area contributed by atoms with Crippen LogP contribution in [0, 0.1) is 0 Å². The Labute approximate surface area is 162 Å². The average molecular weight is 367 g/mol. The van der Waals surface area contributed by atoms with E-state index in [0.29, 0.717) is 12.5 Å². The summed E-state index contributed by atoms with van der Waals surface area (Å²) in [4.78, 5) is 17.9. The zero-order valence-corrected chi connectivity index (χ0v) is 16.5. The highest BCUT2D eigenvalue weighted by Gasteiger charge is 2.14. The molecule has 0 fully saturated rings. The molecule has 2 aromatic carbocycles. The summed E-state index contributed by atoms with van der Waals surface area (Å²) in [7, 11) is 3.48. The number of carbonyl (C=O) groups excluding carboxylic acids is 1. The predicted molar refractivity (Wildman–Crippen MR) is 112 cm³/mol. The maximum absolute atomic E-state index is 11.9. The third kappa shape index (κ3) is 6.77. The third-order valence-electron chi connectivity index (χ3n) is 4.29. The number of aliphatic imine (C=N–C) groups is 1. The van der Waals surface area contributed by atoms with E-state index in [2.05, 4.69) is 71.1 Å². The van der Waals surface area contributed by atoms with E-state index in [0.717, 1.165) is 13.0 Å². The molecule has 0 saturated carbocycles. The van der Waals surface area contributed by atoms with E-state index in [1.165, 1.54) is 11.1 Å². The van der Waals surface area contributed by atoms with Crippen molar-refractivity contribution in [1.82, 2.24) is 15.5 Å². The monoisotopic (exact) mass is 366 g/mol. The van der Waals surface area contributed by atoms with Crippen molar-refractivity contribution in [1.29, 1.82) is 0 Å². The quantitative estimate of drug-likeness (QED) is 0.558. The van der Waals surface area contributed by atoms with Gasteiger partial charge in [0.2, 0.25) is 5.91 Å². The van der Waals surface area contributed by atoms with Gasteiger partial charge in [-0.2, -0.15) is 0 Å². The van der Waals surface area contributed by atoms with Crippen LogP contribution in [0.4, 0.5) is 0 Å². The molecule has 0 unspecified atom stereocenters. The number of likely N-dealkylation sites (N-methyl/N-ethyl adjacent to an activating group) is 1. The number of guanidine groups is 1. The van der Waals surface area contributed by atoms with Gasteiger partial charge in [-0.25, -0.2) is 4.99 Å². The number of carbonyl (C=O) groups is 1. The van der Waals surface area contributed by atoms with Crippen LogP contribution < -0.4 is 10.6 Å². The maximum atomic E-state index is 11.9. The Morgan fingerprint density at radius 2 is 1.52 bits per heavy atom. The van der Waals surface area contributed by atoms with Crippen LogP contribution >= 0.6 is 0 Å². The lowest BCUT2D eigenvalue weighted by Gasteiger charge is -2.21. The Balaban J connectivity index is 2.14. The molecule has 0 radical (unpaired) electrons. The smallest absolute Gasteiger partial charge is 0.243 e. The van der Waals surface area contributed by atoms with E-state index in [-0.39, 0.29) is 18.4 Å². The second-order valence-corrected chi connectivity index (χ2v) is 6.63. The summed E-state index contributed by atoms with van der Waals surface area (Å²) >= 11 is 0. The normalized spacial score (nSPS) is 11.3. The summed E-state index contributed by atoms with van der Waals surface area (Å²) in [6.45, 7) is 3.74. The van der Waals surface area contributed by atoms with Gasteiger partial charge in [-0.05, 0) is 17.5 Å². The molecule has 0 bridgehead atoms. The second kappa shape index (κ2) is 11.0. The minimum atomic E-state index is -0.0183. The fourth-order valence-electron chi connectivity index (χ4n) is 2.70. The standard InChI is InChI=1S/C22H30N4O/c1-4-15-23-22(25-17-21(27)26(2)3)24-16-20(18-11-7-5-8-12-18)19-13-9-6-10-14-19/h5-14,20H,4,15-17H2,1-3H3,(H2,23,24,25). The first-order valence-corrected chi connectivity index (χ1v) is 9.44. The van der Waals surface area contributed by atoms with Gasteiger partial charge in [-0.15, -0.1) is 0 Å². The summed E-state index contributed by atoms with van der Waals surface area (Å²) in [6, 6.07) is 20.9. The Hall–Kier alpha value is -2.82. The SMILES string of the molecule is CCCNC(=NCC(=O)N(C)C)NCC(c1ccccc1)c1ccccc1. The number of hydrogen-bond acceptors (Lipinski definition) is 2. The van der Waals surface area contributed by atoms with Crippen molar-refractivity contribution in [3.05, 3.63) is 71.8 Å². The van der Waals surface area contributed by atoms with Gasteiger partial charge in [0, 0.05) is 33.1 Å². The molecule has 0 saturated heterocycles. The Morgan fingerprint density at radius 1 is 0.963 bits per heavy atom. The van der Waals surface area contributed by atoms with Gasteiger partial charge >= 0.3 is 0 Å². The molecule has 0 spiro atoms. The van der Waals surface area contributed by atoms with Crippen LogP contribution in [0.3, 0.4) is 0 Å². The number of rotatable bonds is 8. The topological polar surface area (TPSA) is 56.7 Å².